The summed E-state index contributed by atoms with van der Waals surface area (Å²) >= 11 is 11.9. The third kappa shape index (κ3) is 7.41. The molecule has 1 aromatic carbocycles. The fourth-order valence-electron chi connectivity index (χ4n) is 2.90. The lowest BCUT2D eigenvalue weighted by molar-refractivity contribution is -0.147. The van der Waals surface area contributed by atoms with Crippen molar-refractivity contribution in [2.24, 2.45) is 5.92 Å². The predicted molar refractivity (Wildman–Crippen MR) is 114 cm³/mol. The molecule has 31 heavy (non-hydrogen) atoms. The molecule has 2 rings (SSSR count). The van der Waals surface area contributed by atoms with Gasteiger partial charge in [-0.15, -0.1) is 0 Å². The molecule has 0 unspecified atom stereocenters. The van der Waals surface area contributed by atoms with Gasteiger partial charge in [-0.3, -0.25) is 19.2 Å². The number of benzene rings is 1. The number of methoxy groups -OCH3 is 1. The highest BCUT2D eigenvalue weighted by Crippen LogP contribution is 2.20. The van der Waals surface area contributed by atoms with Crippen LogP contribution in [0.2, 0.25) is 10.0 Å². The number of hydrogen-bond donors (Lipinski definition) is 2. The van der Waals surface area contributed by atoms with Crippen molar-refractivity contribution >= 4 is 54.1 Å². The molecule has 2 amide bonds. The van der Waals surface area contributed by atoms with Crippen molar-refractivity contribution in [3.63, 3.8) is 0 Å². The van der Waals surface area contributed by atoms with Crippen molar-refractivity contribution in [3.05, 3.63) is 33.8 Å². The van der Waals surface area contributed by atoms with Crippen LogP contribution >= 0.6 is 23.2 Å². The third-order valence-corrected chi connectivity index (χ3v) is 4.93. The van der Waals surface area contributed by atoms with Gasteiger partial charge in [-0.05, 0) is 30.5 Å². The van der Waals surface area contributed by atoms with E-state index < -0.39 is 42.9 Å². The van der Waals surface area contributed by atoms with E-state index in [-0.39, 0.29) is 29.5 Å². The molecule has 1 aromatic rings. The molecular weight excluding hydrogens is 450 g/mol. The quantitative estimate of drug-likeness (QED) is 0.553. The van der Waals surface area contributed by atoms with Gasteiger partial charge in [-0.2, -0.15) is 0 Å². The van der Waals surface area contributed by atoms with Gasteiger partial charge in [0.15, 0.2) is 6.10 Å². The van der Waals surface area contributed by atoms with Crippen molar-refractivity contribution in [2.75, 3.05) is 13.7 Å². The summed E-state index contributed by atoms with van der Waals surface area (Å²) in [6.45, 7) is 3.40. The Morgan fingerprint density at radius 1 is 1.26 bits per heavy atom. The Labute approximate surface area is 190 Å². The lowest BCUT2D eigenvalue weighted by Gasteiger charge is -2.23. The van der Waals surface area contributed by atoms with E-state index in [4.69, 9.17) is 37.2 Å². The first kappa shape index (κ1) is 25.0. The molecule has 1 fully saturated rings. The fraction of sp³-hybridized carbons (Fsp3) is 0.474. The highest BCUT2D eigenvalue weighted by Gasteiger charge is 2.44. The molecule has 168 valence electrons. The summed E-state index contributed by atoms with van der Waals surface area (Å²) in [7, 11) is -0.0357. The Balaban J connectivity index is 2.03. The Morgan fingerprint density at radius 3 is 2.61 bits per heavy atom. The van der Waals surface area contributed by atoms with Crippen LogP contribution in [0.25, 0.3) is 0 Å². The minimum atomic E-state index is -1.32. The SMILES string of the molecule is CO[C@@H]1CC(=O)OB([C@H](CC(C)C)NC(=O)CNC(=O)c2cc(Cl)ccc2Cl)OC1=O. The van der Waals surface area contributed by atoms with Crippen LogP contribution < -0.4 is 10.6 Å². The molecular formula is C19H23BCl2N2O7. The van der Waals surface area contributed by atoms with Gasteiger partial charge < -0.3 is 24.7 Å². The van der Waals surface area contributed by atoms with Crippen LogP contribution in [0.3, 0.4) is 0 Å². The van der Waals surface area contributed by atoms with Crippen molar-refractivity contribution in [1.82, 2.24) is 10.6 Å². The van der Waals surface area contributed by atoms with Crippen molar-refractivity contribution in [1.29, 1.82) is 0 Å². The van der Waals surface area contributed by atoms with Gasteiger partial charge in [0.05, 0.1) is 29.5 Å². The number of rotatable bonds is 8. The monoisotopic (exact) mass is 472 g/mol. The molecule has 0 aliphatic carbocycles. The molecule has 9 nitrogen and oxygen atoms in total. The number of hydrogen-bond acceptors (Lipinski definition) is 7. The molecule has 1 aliphatic rings. The molecule has 1 heterocycles. The second-order valence-corrected chi connectivity index (χ2v) is 8.18. The van der Waals surface area contributed by atoms with Crippen LogP contribution in [0.15, 0.2) is 18.2 Å². The van der Waals surface area contributed by atoms with Gasteiger partial charge in [0.2, 0.25) is 5.91 Å². The smallest absolute Gasteiger partial charge is 0.498 e. The van der Waals surface area contributed by atoms with E-state index in [9.17, 15) is 19.2 Å². The van der Waals surface area contributed by atoms with Crippen LogP contribution in [-0.2, 0) is 28.4 Å². The van der Waals surface area contributed by atoms with Gasteiger partial charge in [0.25, 0.3) is 11.9 Å². The summed E-state index contributed by atoms with van der Waals surface area (Å²) in [5, 5.41) is 5.60. The second-order valence-electron chi connectivity index (χ2n) is 7.33. The second kappa shape index (κ2) is 11.4. The Kier molecular flexibility index (Phi) is 9.15. The third-order valence-electron chi connectivity index (χ3n) is 4.36. The zero-order valence-electron chi connectivity index (χ0n) is 17.3. The summed E-state index contributed by atoms with van der Waals surface area (Å²) in [5.41, 5.74) is 0.123. The summed E-state index contributed by atoms with van der Waals surface area (Å²) < 4.78 is 15.4. The Bertz CT molecular complexity index is 853. The topological polar surface area (TPSA) is 120 Å². The van der Waals surface area contributed by atoms with E-state index in [1.807, 2.05) is 13.8 Å². The van der Waals surface area contributed by atoms with Crippen LogP contribution in [0.1, 0.15) is 37.0 Å². The highest BCUT2D eigenvalue weighted by molar-refractivity contribution is 6.51. The fourth-order valence-corrected chi connectivity index (χ4v) is 3.28. The standard InChI is InChI=1S/C19H23BCl2N2O7/c1-10(2)6-15(20-30-17(26)8-14(29-3)19(28)31-20)24-16(25)9-23-18(27)12-7-11(21)4-5-13(12)22/h4-5,7,10,14-15H,6,8-9H2,1-3H3,(H,23,27)(H,24,25)/t14-,15+/m1/s1. The zero-order valence-corrected chi connectivity index (χ0v) is 18.8. The van der Waals surface area contributed by atoms with Gasteiger partial charge in [0.1, 0.15) is 0 Å². The Hall–Kier alpha value is -2.30. The molecule has 2 atom stereocenters. The van der Waals surface area contributed by atoms with E-state index >= 15 is 0 Å². The maximum atomic E-state index is 12.4. The largest absolute Gasteiger partial charge is 0.622 e. The average Bonchev–Trinajstić information content (AvgIpc) is 2.84. The predicted octanol–water partition coefficient (Wildman–Crippen LogP) is 1.79. The van der Waals surface area contributed by atoms with Crippen molar-refractivity contribution in [2.45, 2.75) is 38.7 Å². The minimum absolute atomic E-state index is 0.0732. The number of amides is 2. The molecule has 0 aromatic heterocycles. The molecule has 0 bridgehead atoms. The molecule has 1 saturated heterocycles. The first-order chi connectivity index (χ1) is 14.6. The van der Waals surface area contributed by atoms with E-state index in [1.54, 1.807) is 0 Å². The summed E-state index contributed by atoms with van der Waals surface area (Å²) in [6.07, 6.45) is -1.01. The van der Waals surface area contributed by atoms with E-state index in [0.717, 1.165) is 0 Å². The van der Waals surface area contributed by atoms with Crippen LogP contribution in [0.4, 0.5) is 0 Å². The molecule has 1 aliphatic heterocycles. The first-order valence-electron chi connectivity index (χ1n) is 9.56. The summed E-state index contributed by atoms with van der Waals surface area (Å²) in [6, 6.07) is 4.39. The normalized spacial score (nSPS) is 17.5. The van der Waals surface area contributed by atoms with Gasteiger partial charge >= 0.3 is 13.1 Å². The molecule has 0 spiro atoms. The summed E-state index contributed by atoms with van der Waals surface area (Å²) in [5.74, 6) is -3.35. The zero-order chi connectivity index (χ0) is 23.1. The number of nitrogens with one attached hydrogen (secondary N) is 2. The minimum Gasteiger partial charge on any atom is -0.498 e. The van der Waals surface area contributed by atoms with Crippen LogP contribution in [0.5, 0.6) is 0 Å². The number of ether oxygens (including phenoxy) is 1. The molecule has 2 N–H and O–H groups in total. The van der Waals surface area contributed by atoms with Crippen LogP contribution in [0, 0.1) is 5.92 Å². The molecule has 0 radical (unpaired) electrons. The maximum Gasteiger partial charge on any atom is 0.622 e. The maximum absolute atomic E-state index is 12.4. The van der Waals surface area contributed by atoms with E-state index in [1.165, 1.54) is 25.3 Å². The first-order valence-corrected chi connectivity index (χ1v) is 10.3. The summed E-state index contributed by atoms with van der Waals surface area (Å²) in [4.78, 5) is 48.9. The van der Waals surface area contributed by atoms with Gasteiger partial charge in [-0.25, -0.2) is 0 Å². The van der Waals surface area contributed by atoms with E-state index in [2.05, 4.69) is 10.6 Å². The van der Waals surface area contributed by atoms with Crippen molar-refractivity contribution in [3.8, 4) is 0 Å². The van der Waals surface area contributed by atoms with Crippen LogP contribution in [-0.4, -0.2) is 56.6 Å². The molecule has 0 saturated carbocycles. The number of carbonyl (C=O) groups excluding carboxylic acids is 4. The van der Waals surface area contributed by atoms with E-state index in [0.29, 0.717) is 11.4 Å². The molecule has 12 heteroatoms. The van der Waals surface area contributed by atoms with Gasteiger partial charge in [0, 0.05) is 12.1 Å². The lowest BCUT2D eigenvalue weighted by atomic mass is 9.73. The Morgan fingerprint density at radius 2 is 1.97 bits per heavy atom. The van der Waals surface area contributed by atoms with Gasteiger partial charge in [-0.1, -0.05) is 37.0 Å². The highest BCUT2D eigenvalue weighted by atomic mass is 35.5. The van der Waals surface area contributed by atoms with Crippen molar-refractivity contribution < 1.29 is 33.2 Å². The lowest BCUT2D eigenvalue weighted by Crippen LogP contribution is -2.53. The number of carbonyl (C=O) groups is 4. The average molecular weight is 473 g/mol. The number of halogens is 2.